The number of halogens is 1. The van der Waals surface area contributed by atoms with Crippen molar-refractivity contribution in [1.29, 1.82) is 0 Å². The molecule has 0 unspecified atom stereocenters. The molecule has 0 aliphatic carbocycles. The van der Waals surface area contributed by atoms with Crippen LogP contribution in [0.15, 0.2) is 54.0 Å². The first-order valence-corrected chi connectivity index (χ1v) is 9.70. The Bertz CT molecular complexity index is 905. The van der Waals surface area contributed by atoms with Crippen molar-refractivity contribution in [2.45, 2.75) is 6.54 Å². The summed E-state index contributed by atoms with van der Waals surface area (Å²) in [5.74, 6) is -0.254. The van der Waals surface area contributed by atoms with Crippen LogP contribution in [0.1, 0.15) is 16.2 Å². The molecule has 0 spiro atoms. The Morgan fingerprint density at radius 1 is 1.07 bits per heavy atom. The standard InChI is InChI=1S/C20H19FN4OS/c21-16-6-4-15(5-7-16)19-23-17(14-27-19)13-24-9-11-25(12-10-24)20(26)18-3-1-2-8-22-18/h1-8,14H,9-13H2. The zero-order chi connectivity index (χ0) is 18.6. The van der Waals surface area contributed by atoms with Crippen LogP contribution in [-0.2, 0) is 6.54 Å². The fraction of sp³-hybridized carbons (Fsp3) is 0.250. The Morgan fingerprint density at radius 3 is 2.56 bits per heavy atom. The average molecular weight is 382 g/mol. The van der Waals surface area contributed by atoms with Gasteiger partial charge in [0, 0.05) is 49.9 Å². The van der Waals surface area contributed by atoms with Gasteiger partial charge >= 0.3 is 0 Å². The first-order valence-electron chi connectivity index (χ1n) is 8.82. The topological polar surface area (TPSA) is 49.3 Å². The number of rotatable bonds is 4. The first kappa shape index (κ1) is 17.8. The highest BCUT2D eigenvalue weighted by Gasteiger charge is 2.23. The van der Waals surface area contributed by atoms with E-state index >= 15 is 0 Å². The fourth-order valence-corrected chi connectivity index (χ4v) is 3.91. The van der Waals surface area contributed by atoms with E-state index in [0.29, 0.717) is 18.8 Å². The minimum Gasteiger partial charge on any atom is -0.335 e. The Labute approximate surface area is 161 Å². The van der Waals surface area contributed by atoms with Gasteiger partial charge in [0.25, 0.3) is 5.91 Å². The number of hydrogen-bond acceptors (Lipinski definition) is 5. The van der Waals surface area contributed by atoms with Gasteiger partial charge in [0.05, 0.1) is 5.69 Å². The molecule has 1 aliphatic heterocycles. The number of thiazole rings is 1. The molecular formula is C20H19FN4OS. The lowest BCUT2D eigenvalue weighted by Crippen LogP contribution is -2.48. The number of carbonyl (C=O) groups is 1. The van der Waals surface area contributed by atoms with Crippen molar-refractivity contribution in [2.75, 3.05) is 26.2 Å². The maximum Gasteiger partial charge on any atom is 0.272 e. The van der Waals surface area contributed by atoms with Crippen molar-refractivity contribution < 1.29 is 9.18 Å². The summed E-state index contributed by atoms with van der Waals surface area (Å²) < 4.78 is 13.1. The smallest absolute Gasteiger partial charge is 0.272 e. The van der Waals surface area contributed by atoms with E-state index in [-0.39, 0.29) is 11.7 Å². The van der Waals surface area contributed by atoms with Crippen LogP contribution < -0.4 is 0 Å². The molecule has 0 saturated carbocycles. The minimum absolute atomic E-state index is 0.0116. The third-order valence-corrected chi connectivity index (χ3v) is 5.51. The molecule has 27 heavy (non-hydrogen) atoms. The largest absolute Gasteiger partial charge is 0.335 e. The van der Waals surface area contributed by atoms with Crippen molar-refractivity contribution in [3.63, 3.8) is 0 Å². The van der Waals surface area contributed by atoms with E-state index in [4.69, 9.17) is 0 Å². The first-order chi connectivity index (χ1) is 13.2. The van der Waals surface area contributed by atoms with Crippen molar-refractivity contribution in [3.05, 3.63) is 71.2 Å². The van der Waals surface area contributed by atoms with Gasteiger partial charge in [-0.1, -0.05) is 6.07 Å². The van der Waals surface area contributed by atoms with E-state index in [1.165, 1.54) is 12.1 Å². The Hall–Kier alpha value is -2.64. The van der Waals surface area contributed by atoms with Crippen molar-refractivity contribution in [2.24, 2.45) is 0 Å². The Kier molecular flexibility index (Phi) is 5.22. The summed E-state index contributed by atoms with van der Waals surface area (Å²) in [7, 11) is 0. The number of pyridine rings is 1. The van der Waals surface area contributed by atoms with Crippen LogP contribution in [0.2, 0.25) is 0 Å². The third kappa shape index (κ3) is 4.20. The van der Waals surface area contributed by atoms with Crippen molar-refractivity contribution in [3.8, 4) is 10.6 Å². The monoisotopic (exact) mass is 382 g/mol. The van der Waals surface area contributed by atoms with Crippen LogP contribution >= 0.6 is 11.3 Å². The van der Waals surface area contributed by atoms with E-state index in [2.05, 4.69) is 14.9 Å². The number of nitrogens with zero attached hydrogens (tertiary/aromatic N) is 4. The quantitative estimate of drug-likeness (QED) is 0.695. The summed E-state index contributed by atoms with van der Waals surface area (Å²) in [5.41, 5.74) is 2.43. The molecule has 1 aromatic carbocycles. The zero-order valence-electron chi connectivity index (χ0n) is 14.7. The third-order valence-electron chi connectivity index (χ3n) is 4.57. The van der Waals surface area contributed by atoms with Gasteiger partial charge in [0.15, 0.2) is 0 Å². The van der Waals surface area contributed by atoms with Gasteiger partial charge in [-0.2, -0.15) is 0 Å². The SMILES string of the molecule is O=C(c1ccccn1)N1CCN(Cc2csc(-c3ccc(F)cc3)n2)CC1. The van der Waals surface area contributed by atoms with Crippen molar-refractivity contribution in [1.82, 2.24) is 19.8 Å². The molecule has 2 aromatic heterocycles. The second kappa shape index (κ2) is 7.94. The van der Waals surface area contributed by atoms with Crippen LogP contribution in [0.3, 0.4) is 0 Å². The molecule has 1 amide bonds. The number of benzene rings is 1. The van der Waals surface area contributed by atoms with Crippen LogP contribution in [0, 0.1) is 5.82 Å². The van der Waals surface area contributed by atoms with Gasteiger partial charge in [-0.05, 0) is 36.4 Å². The lowest BCUT2D eigenvalue weighted by atomic mass is 10.2. The molecule has 1 saturated heterocycles. The Balaban J connectivity index is 1.33. The molecule has 4 rings (SSSR count). The van der Waals surface area contributed by atoms with Gasteiger partial charge < -0.3 is 4.90 Å². The Morgan fingerprint density at radius 2 is 1.85 bits per heavy atom. The molecular weight excluding hydrogens is 363 g/mol. The normalized spacial score (nSPS) is 15.1. The highest BCUT2D eigenvalue weighted by molar-refractivity contribution is 7.13. The molecule has 0 N–H and O–H groups in total. The highest BCUT2D eigenvalue weighted by atomic mass is 32.1. The molecule has 0 radical (unpaired) electrons. The summed E-state index contributed by atoms with van der Waals surface area (Å²) in [6.45, 7) is 3.74. The molecule has 7 heteroatoms. The van der Waals surface area contributed by atoms with Crippen LogP contribution in [0.4, 0.5) is 4.39 Å². The summed E-state index contributed by atoms with van der Waals surface area (Å²) in [6.07, 6.45) is 1.64. The summed E-state index contributed by atoms with van der Waals surface area (Å²) >= 11 is 1.57. The van der Waals surface area contributed by atoms with Crippen molar-refractivity contribution >= 4 is 17.2 Å². The fourth-order valence-electron chi connectivity index (χ4n) is 3.09. The van der Waals surface area contributed by atoms with E-state index in [1.54, 1.807) is 35.7 Å². The second-order valence-corrected chi connectivity index (χ2v) is 7.29. The predicted molar refractivity (Wildman–Crippen MR) is 103 cm³/mol. The summed E-state index contributed by atoms with van der Waals surface area (Å²) in [4.78, 5) is 25.4. The number of amides is 1. The van der Waals surface area contributed by atoms with Crippen LogP contribution in [-0.4, -0.2) is 51.9 Å². The van der Waals surface area contributed by atoms with E-state index in [9.17, 15) is 9.18 Å². The van der Waals surface area contributed by atoms with Gasteiger partial charge in [-0.3, -0.25) is 14.7 Å². The summed E-state index contributed by atoms with van der Waals surface area (Å²) in [5, 5.41) is 2.94. The number of carbonyl (C=O) groups excluding carboxylic acids is 1. The summed E-state index contributed by atoms with van der Waals surface area (Å²) in [6, 6.07) is 11.8. The zero-order valence-corrected chi connectivity index (χ0v) is 15.5. The predicted octanol–water partition coefficient (Wildman–Crippen LogP) is 3.30. The number of hydrogen-bond donors (Lipinski definition) is 0. The maximum atomic E-state index is 13.1. The lowest BCUT2D eigenvalue weighted by Gasteiger charge is -2.34. The molecule has 5 nitrogen and oxygen atoms in total. The molecule has 1 fully saturated rings. The van der Waals surface area contributed by atoms with Gasteiger partial charge in [-0.15, -0.1) is 11.3 Å². The van der Waals surface area contributed by atoms with E-state index in [1.807, 2.05) is 22.4 Å². The molecule has 3 aromatic rings. The van der Waals surface area contributed by atoms with E-state index in [0.717, 1.165) is 35.9 Å². The lowest BCUT2D eigenvalue weighted by molar-refractivity contribution is 0.0621. The molecule has 3 heterocycles. The van der Waals surface area contributed by atoms with Gasteiger partial charge in [-0.25, -0.2) is 9.37 Å². The van der Waals surface area contributed by atoms with Crippen LogP contribution in [0.5, 0.6) is 0 Å². The van der Waals surface area contributed by atoms with Crippen LogP contribution in [0.25, 0.3) is 10.6 Å². The maximum absolute atomic E-state index is 13.1. The average Bonchev–Trinajstić information content (AvgIpc) is 3.18. The molecule has 1 aliphatic rings. The molecule has 138 valence electrons. The minimum atomic E-state index is -0.242. The number of piperazine rings is 1. The molecule has 0 atom stereocenters. The highest BCUT2D eigenvalue weighted by Crippen LogP contribution is 2.24. The van der Waals surface area contributed by atoms with Gasteiger partial charge in [0.2, 0.25) is 0 Å². The second-order valence-electron chi connectivity index (χ2n) is 6.43. The van der Waals surface area contributed by atoms with E-state index < -0.39 is 0 Å². The molecule has 0 bridgehead atoms. The van der Waals surface area contributed by atoms with Gasteiger partial charge in [0.1, 0.15) is 16.5 Å². The number of aromatic nitrogens is 2.